The summed E-state index contributed by atoms with van der Waals surface area (Å²) in [6.45, 7) is 0. The highest BCUT2D eigenvalue weighted by atomic mass is 32.1. The summed E-state index contributed by atoms with van der Waals surface area (Å²) >= 11 is 1.84. The van der Waals surface area contributed by atoms with Crippen molar-refractivity contribution in [2.75, 3.05) is 0 Å². The first-order chi connectivity index (χ1) is 39.7. The second-order valence-electron chi connectivity index (χ2n) is 20.7. The van der Waals surface area contributed by atoms with Gasteiger partial charge in [-0.15, -0.1) is 11.3 Å². The van der Waals surface area contributed by atoms with Crippen LogP contribution in [0.4, 0.5) is 0 Å². The van der Waals surface area contributed by atoms with Crippen LogP contribution in [0.1, 0.15) is 0 Å². The summed E-state index contributed by atoms with van der Waals surface area (Å²) in [7, 11) is 0. The van der Waals surface area contributed by atoms with Crippen molar-refractivity contribution in [3.05, 3.63) is 267 Å². The highest BCUT2D eigenvalue weighted by Gasteiger charge is 2.24. The summed E-state index contributed by atoms with van der Waals surface area (Å²) in [4.78, 5) is 16.9. The maximum atomic E-state index is 5.64. The smallest absolute Gasteiger partial charge is 0.164 e. The molecule has 7 heteroatoms. The number of benzene rings is 12. The number of fused-ring (bicyclic) bond motifs is 13. The predicted octanol–water partition coefficient (Wildman–Crippen LogP) is 19.4. The molecule has 12 aromatic carbocycles. The number of aromatic nitrogens is 6. The molecule has 0 radical (unpaired) electrons. The van der Waals surface area contributed by atoms with E-state index in [9.17, 15) is 0 Å². The molecule has 80 heavy (non-hydrogen) atoms. The van der Waals surface area contributed by atoms with Crippen molar-refractivity contribution in [2.24, 2.45) is 0 Å². The Labute approximate surface area is 463 Å². The van der Waals surface area contributed by atoms with E-state index >= 15 is 0 Å². The van der Waals surface area contributed by atoms with Crippen LogP contribution in [-0.4, -0.2) is 28.7 Å². The molecule has 17 aromatic rings. The second kappa shape index (κ2) is 17.5. The molecule has 17 rings (SSSR count). The van der Waals surface area contributed by atoms with E-state index in [0.717, 1.165) is 99.5 Å². The summed E-state index contributed by atoms with van der Waals surface area (Å²) in [5, 5.41) is 11.8. The molecule has 5 heterocycles. The first-order valence-corrected chi connectivity index (χ1v) is 27.9. The van der Waals surface area contributed by atoms with Gasteiger partial charge in [0.25, 0.3) is 0 Å². The van der Waals surface area contributed by atoms with E-state index in [0.29, 0.717) is 17.5 Å². The van der Waals surface area contributed by atoms with Crippen LogP contribution < -0.4 is 0 Å². The van der Waals surface area contributed by atoms with Gasteiger partial charge in [-0.1, -0.05) is 164 Å². The van der Waals surface area contributed by atoms with Crippen molar-refractivity contribution in [3.8, 4) is 62.4 Å². The monoisotopic (exact) mass is 1040 g/mol. The zero-order valence-corrected chi connectivity index (χ0v) is 43.8. The van der Waals surface area contributed by atoms with E-state index in [-0.39, 0.29) is 0 Å². The Balaban J connectivity index is 0.964. The minimum atomic E-state index is 0.584. The molecule has 0 unspecified atom stereocenters. The Morgan fingerprint density at radius 2 is 0.750 bits per heavy atom. The van der Waals surface area contributed by atoms with E-state index in [4.69, 9.17) is 15.0 Å². The third-order valence-corrected chi connectivity index (χ3v) is 17.4. The number of hydrogen-bond acceptors (Lipinski definition) is 4. The van der Waals surface area contributed by atoms with Gasteiger partial charge < -0.3 is 13.7 Å². The van der Waals surface area contributed by atoms with Crippen LogP contribution in [0.15, 0.2) is 267 Å². The summed E-state index contributed by atoms with van der Waals surface area (Å²) in [5.74, 6) is 1.78. The lowest BCUT2D eigenvalue weighted by atomic mass is 9.98. The molecule has 6 nitrogen and oxygen atoms in total. The van der Waals surface area contributed by atoms with Gasteiger partial charge in [0, 0.05) is 86.1 Å². The van der Waals surface area contributed by atoms with Crippen LogP contribution in [0.2, 0.25) is 0 Å². The van der Waals surface area contributed by atoms with E-state index in [2.05, 4.69) is 281 Å². The van der Waals surface area contributed by atoms with Crippen molar-refractivity contribution in [1.29, 1.82) is 0 Å². The summed E-state index contributed by atoms with van der Waals surface area (Å²) in [6.07, 6.45) is 0. The number of rotatable bonds is 7. The molecule has 0 aliphatic carbocycles. The van der Waals surface area contributed by atoms with Gasteiger partial charge in [-0.3, -0.25) is 0 Å². The average molecular weight is 1040 g/mol. The molecule has 0 N–H and O–H groups in total. The van der Waals surface area contributed by atoms with Gasteiger partial charge in [-0.2, -0.15) is 0 Å². The molecule has 0 amide bonds. The fraction of sp³-hybridized carbons (Fsp3) is 0. The van der Waals surface area contributed by atoms with Gasteiger partial charge in [0.05, 0.1) is 38.8 Å². The molecular formula is C73H44N6S. The fourth-order valence-electron chi connectivity index (χ4n) is 12.8. The molecule has 0 aliphatic heterocycles. The lowest BCUT2D eigenvalue weighted by Gasteiger charge is -2.17. The van der Waals surface area contributed by atoms with Crippen LogP contribution in [0.5, 0.6) is 0 Å². The fourth-order valence-corrected chi connectivity index (χ4v) is 13.9. The Morgan fingerprint density at radius 3 is 1.39 bits per heavy atom. The molecule has 0 bridgehead atoms. The quantitative estimate of drug-likeness (QED) is 0.160. The molecule has 0 saturated carbocycles. The molecule has 372 valence electrons. The average Bonchev–Trinajstić information content (AvgIpc) is 4.47. The van der Waals surface area contributed by atoms with Crippen LogP contribution in [0.25, 0.3) is 159 Å². The summed E-state index contributed by atoms with van der Waals surface area (Å²) < 4.78 is 9.70. The van der Waals surface area contributed by atoms with E-state index in [1.165, 1.54) is 41.7 Å². The number of nitrogens with zero attached hydrogens (tertiary/aromatic N) is 6. The number of hydrogen-bond donors (Lipinski definition) is 0. The van der Waals surface area contributed by atoms with Gasteiger partial charge >= 0.3 is 0 Å². The standard InChI is InChI=1S/C73H44N6S/c1-3-21-49(22-4-1)77-61-32-14-10-27-53(61)69-55(29-17-34-64(69)77)72-74-71(75-73(76-72)56-30-18-35-65-70(56)54-28-11-15-33-62(54)78(65)50-23-5-2-6-24-50)48-37-39-63(57(43-48)47-38-40-68-59(42-47)52-26-12-16-36-67(52)80-68)79-60-31-13-9-25-51(60)58-41-45-19-7-8-20-46(45)44-66(58)79/h1-44H. The van der Waals surface area contributed by atoms with Gasteiger partial charge in [-0.05, 0) is 119 Å². The van der Waals surface area contributed by atoms with Gasteiger partial charge in [0.15, 0.2) is 17.5 Å². The van der Waals surface area contributed by atoms with Crippen LogP contribution >= 0.6 is 11.3 Å². The highest BCUT2D eigenvalue weighted by molar-refractivity contribution is 7.25. The van der Waals surface area contributed by atoms with Crippen molar-refractivity contribution < 1.29 is 0 Å². The van der Waals surface area contributed by atoms with Crippen molar-refractivity contribution >= 4 is 108 Å². The summed E-state index contributed by atoms with van der Waals surface area (Å²) in [6, 6.07) is 96.4. The SMILES string of the molecule is c1ccc(-n2c3ccccc3c3c(-c4nc(-c5ccc(-n6c7ccccc7c7cc8ccccc8cc76)c(-c6ccc7sc8ccccc8c7c6)c5)nc(-c5cccc6c5c5ccccc5n6-c5ccccc5)n4)cccc32)cc1. The maximum Gasteiger partial charge on any atom is 0.164 e. The first-order valence-electron chi connectivity index (χ1n) is 27.1. The molecular weight excluding hydrogens is 993 g/mol. The van der Waals surface area contributed by atoms with E-state index in [1.807, 2.05) is 11.3 Å². The largest absolute Gasteiger partial charge is 0.309 e. The van der Waals surface area contributed by atoms with Crippen LogP contribution in [-0.2, 0) is 0 Å². The van der Waals surface area contributed by atoms with Crippen molar-refractivity contribution in [3.63, 3.8) is 0 Å². The molecule has 0 fully saturated rings. The Morgan fingerprint density at radius 1 is 0.263 bits per heavy atom. The topological polar surface area (TPSA) is 53.5 Å². The molecule has 0 spiro atoms. The highest BCUT2D eigenvalue weighted by Crippen LogP contribution is 2.45. The number of para-hydroxylation sites is 5. The third-order valence-electron chi connectivity index (χ3n) is 16.3. The molecule has 0 aliphatic rings. The molecule has 0 saturated heterocycles. The lowest BCUT2D eigenvalue weighted by molar-refractivity contribution is 1.08. The Hall–Kier alpha value is -10.5. The van der Waals surface area contributed by atoms with E-state index < -0.39 is 0 Å². The number of thiophene rings is 1. The maximum absolute atomic E-state index is 5.64. The predicted molar refractivity (Wildman–Crippen MR) is 335 cm³/mol. The molecule has 0 atom stereocenters. The van der Waals surface area contributed by atoms with E-state index in [1.54, 1.807) is 0 Å². The van der Waals surface area contributed by atoms with Gasteiger partial charge in [0.2, 0.25) is 0 Å². The van der Waals surface area contributed by atoms with Crippen molar-refractivity contribution in [1.82, 2.24) is 28.7 Å². The summed E-state index contributed by atoms with van der Waals surface area (Å²) in [5.41, 5.74) is 14.8. The van der Waals surface area contributed by atoms with Gasteiger partial charge in [-0.25, -0.2) is 15.0 Å². The normalized spacial score (nSPS) is 12.0. The Kier molecular flexibility index (Phi) is 9.78. The van der Waals surface area contributed by atoms with Crippen LogP contribution in [0.3, 0.4) is 0 Å². The zero-order chi connectivity index (χ0) is 52.4. The lowest BCUT2D eigenvalue weighted by Crippen LogP contribution is -2.02. The van der Waals surface area contributed by atoms with Crippen LogP contribution in [0, 0.1) is 0 Å². The second-order valence-corrected chi connectivity index (χ2v) is 21.8. The minimum absolute atomic E-state index is 0.584. The first kappa shape index (κ1) is 44.6. The van der Waals surface area contributed by atoms with Gasteiger partial charge in [0.1, 0.15) is 0 Å². The minimum Gasteiger partial charge on any atom is -0.309 e. The zero-order valence-electron chi connectivity index (χ0n) is 43.0. The van der Waals surface area contributed by atoms with Crippen molar-refractivity contribution in [2.45, 2.75) is 0 Å². The Bertz CT molecular complexity index is 5200. The third kappa shape index (κ3) is 6.74. The molecule has 5 aromatic heterocycles.